The van der Waals surface area contributed by atoms with Gasteiger partial charge in [-0.25, -0.2) is 0 Å². The third-order valence-corrected chi connectivity index (χ3v) is 4.00. The average molecular weight is 342 g/mol. The first-order valence-electron chi connectivity index (χ1n) is 7.54. The molecule has 2 rings (SSSR count). The minimum atomic E-state index is -0.722. The van der Waals surface area contributed by atoms with Crippen molar-refractivity contribution in [3.8, 4) is 5.75 Å². The summed E-state index contributed by atoms with van der Waals surface area (Å²) in [6, 6.07) is 6.85. The maximum atomic E-state index is 12.0. The van der Waals surface area contributed by atoms with E-state index < -0.39 is 5.54 Å². The van der Waals surface area contributed by atoms with Crippen LogP contribution >= 0.6 is 12.4 Å². The van der Waals surface area contributed by atoms with Crippen LogP contribution in [0.15, 0.2) is 24.3 Å². The number of hydrogen-bond acceptors (Lipinski definition) is 4. The summed E-state index contributed by atoms with van der Waals surface area (Å²) < 4.78 is 5.04. The predicted octanol–water partition coefficient (Wildman–Crippen LogP) is 1.23. The minimum Gasteiger partial charge on any atom is -0.497 e. The first-order valence-corrected chi connectivity index (χ1v) is 7.54. The van der Waals surface area contributed by atoms with Crippen molar-refractivity contribution >= 4 is 24.2 Å². The zero-order valence-corrected chi connectivity index (χ0v) is 14.1. The Morgan fingerprint density at radius 2 is 1.70 bits per heavy atom. The summed E-state index contributed by atoms with van der Waals surface area (Å²) in [4.78, 5) is 23.9. The summed E-state index contributed by atoms with van der Waals surface area (Å²) in [7, 11) is 1.58. The lowest BCUT2D eigenvalue weighted by atomic mass is 9.98. The van der Waals surface area contributed by atoms with E-state index in [1.165, 1.54) is 0 Å². The molecule has 1 aliphatic rings. The van der Waals surface area contributed by atoms with Gasteiger partial charge in [-0.1, -0.05) is 12.8 Å². The standard InChI is InChI=1S/C16H23N3O3.ClH/c1-22-13-6-4-12(5-7-13)14(20)18-10-11-19-15(21)16(17)8-2-3-9-16;/h4-7H,2-3,8-11,17H2,1H3,(H,18,20)(H,19,21);1H. The lowest BCUT2D eigenvalue weighted by Gasteiger charge is -2.22. The van der Waals surface area contributed by atoms with Gasteiger partial charge >= 0.3 is 0 Å². The van der Waals surface area contributed by atoms with Gasteiger partial charge in [-0.2, -0.15) is 0 Å². The van der Waals surface area contributed by atoms with Crippen LogP contribution in [0.1, 0.15) is 36.0 Å². The van der Waals surface area contributed by atoms with E-state index in [0.29, 0.717) is 24.4 Å². The maximum Gasteiger partial charge on any atom is 0.251 e. The molecule has 0 bridgehead atoms. The van der Waals surface area contributed by atoms with Gasteiger partial charge in [0.25, 0.3) is 5.91 Å². The van der Waals surface area contributed by atoms with E-state index in [2.05, 4.69) is 10.6 Å². The topological polar surface area (TPSA) is 93.5 Å². The number of nitrogens with two attached hydrogens (primary N) is 1. The average Bonchev–Trinajstić information content (AvgIpc) is 2.99. The van der Waals surface area contributed by atoms with E-state index in [1.807, 2.05) is 0 Å². The minimum absolute atomic E-state index is 0. The number of nitrogens with one attached hydrogen (secondary N) is 2. The molecule has 0 spiro atoms. The molecule has 1 aromatic carbocycles. The largest absolute Gasteiger partial charge is 0.497 e. The molecule has 0 aliphatic heterocycles. The molecule has 6 nitrogen and oxygen atoms in total. The number of hydrogen-bond donors (Lipinski definition) is 3. The number of rotatable bonds is 6. The molecule has 0 radical (unpaired) electrons. The lowest BCUT2D eigenvalue weighted by Crippen LogP contribution is -2.53. The Morgan fingerprint density at radius 3 is 2.26 bits per heavy atom. The molecule has 2 amide bonds. The molecular weight excluding hydrogens is 318 g/mol. The third-order valence-electron chi connectivity index (χ3n) is 4.00. The Labute approximate surface area is 142 Å². The van der Waals surface area contributed by atoms with E-state index in [0.717, 1.165) is 25.7 Å². The van der Waals surface area contributed by atoms with Crippen molar-refractivity contribution in [1.29, 1.82) is 0 Å². The highest BCUT2D eigenvalue weighted by atomic mass is 35.5. The van der Waals surface area contributed by atoms with Crippen LogP contribution in [-0.2, 0) is 4.79 Å². The van der Waals surface area contributed by atoms with Gasteiger partial charge in [0.1, 0.15) is 5.75 Å². The van der Waals surface area contributed by atoms with E-state index in [1.54, 1.807) is 31.4 Å². The van der Waals surface area contributed by atoms with Crippen molar-refractivity contribution < 1.29 is 14.3 Å². The molecule has 1 saturated carbocycles. The van der Waals surface area contributed by atoms with Crippen LogP contribution in [0.5, 0.6) is 5.75 Å². The van der Waals surface area contributed by atoms with Crippen molar-refractivity contribution in [1.82, 2.24) is 10.6 Å². The molecule has 0 atom stereocenters. The molecule has 1 aliphatic carbocycles. The number of methoxy groups -OCH3 is 1. The van der Waals surface area contributed by atoms with Gasteiger partial charge in [0.05, 0.1) is 12.6 Å². The van der Waals surface area contributed by atoms with Crippen LogP contribution in [0.25, 0.3) is 0 Å². The van der Waals surface area contributed by atoms with Gasteiger partial charge in [-0.05, 0) is 37.1 Å². The molecular formula is C16H24ClN3O3. The summed E-state index contributed by atoms with van der Waals surface area (Å²) in [5, 5.41) is 5.55. The number of ether oxygens (including phenoxy) is 1. The molecule has 23 heavy (non-hydrogen) atoms. The maximum absolute atomic E-state index is 12.0. The van der Waals surface area contributed by atoms with E-state index in [4.69, 9.17) is 10.5 Å². The van der Waals surface area contributed by atoms with Gasteiger partial charge < -0.3 is 21.1 Å². The Kier molecular flexibility index (Phi) is 7.32. The zero-order valence-electron chi connectivity index (χ0n) is 13.3. The van der Waals surface area contributed by atoms with Gasteiger partial charge in [0.2, 0.25) is 5.91 Å². The fourth-order valence-electron chi connectivity index (χ4n) is 2.61. The zero-order chi connectivity index (χ0) is 16.0. The summed E-state index contributed by atoms with van der Waals surface area (Å²) >= 11 is 0. The first kappa shape index (κ1) is 19.3. The molecule has 4 N–H and O–H groups in total. The Bertz CT molecular complexity index is 528. The highest BCUT2D eigenvalue weighted by Gasteiger charge is 2.36. The molecule has 7 heteroatoms. The van der Waals surface area contributed by atoms with E-state index in [-0.39, 0.29) is 24.2 Å². The fourth-order valence-corrected chi connectivity index (χ4v) is 2.61. The van der Waals surface area contributed by atoms with Gasteiger partial charge in [0.15, 0.2) is 0 Å². The molecule has 1 fully saturated rings. The second-order valence-corrected chi connectivity index (χ2v) is 5.60. The summed E-state index contributed by atoms with van der Waals surface area (Å²) in [5.74, 6) is 0.401. The first-order chi connectivity index (χ1) is 10.5. The second kappa shape index (κ2) is 8.74. The van der Waals surface area contributed by atoms with Crippen LogP contribution in [-0.4, -0.2) is 37.6 Å². The van der Waals surface area contributed by atoms with Crippen LogP contribution in [0.3, 0.4) is 0 Å². The number of benzene rings is 1. The van der Waals surface area contributed by atoms with Gasteiger partial charge in [-0.15, -0.1) is 12.4 Å². The van der Waals surface area contributed by atoms with Crippen LogP contribution in [0, 0.1) is 0 Å². The van der Waals surface area contributed by atoms with Gasteiger partial charge in [0, 0.05) is 18.7 Å². The number of carbonyl (C=O) groups excluding carboxylic acids is 2. The van der Waals surface area contributed by atoms with E-state index >= 15 is 0 Å². The lowest BCUT2D eigenvalue weighted by molar-refractivity contribution is -0.126. The number of carbonyl (C=O) groups is 2. The summed E-state index contributed by atoms with van der Waals surface area (Å²) in [5.41, 5.74) is 5.88. The predicted molar refractivity (Wildman–Crippen MR) is 91.0 cm³/mol. The molecule has 1 aromatic rings. The van der Waals surface area contributed by atoms with Crippen molar-refractivity contribution in [3.05, 3.63) is 29.8 Å². The summed E-state index contributed by atoms with van der Waals surface area (Å²) in [6.07, 6.45) is 3.46. The summed E-state index contributed by atoms with van der Waals surface area (Å²) in [6.45, 7) is 0.742. The van der Waals surface area contributed by atoms with Crippen molar-refractivity contribution in [2.75, 3.05) is 20.2 Å². The quantitative estimate of drug-likeness (QED) is 0.678. The Balaban J connectivity index is 0.00000264. The fraction of sp³-hybridized carbons (Fsp3) is 0.500. The Hall–Kier alpha value is -1.79. The second-order valence-electron chi connectivity index (χ2n) is 5.60. The normalized spacial score (nSPS) is 15.4. The SMILES string of the molecule is COc1ccc(C(=O)NCCNC(=O)C2(N)CCCC2)cc1.Cl. The van der Waals surface area contributed by atoms with Crippen molar-refractivity contribution in [2.24, 2.45) is 5.73 Å². The highest BCUT2D eigenvalue weighted by molar-refractivity contribution is 5.94. The molecule has 0 saturated heterocycles. The number of amides is 2. The molecule has 128 valence electrons. The molecule has 0 unspecified atom stereocenters. The van der Waals surface area contributed by atoms with Crippen molar-refractivity contribution in [3.63, 3.8) is 0 Å². The van der Waals surface area contributed by atoms with Crippen LogP contribution in [0.2, 0.25) is 0 Å². The Morgan fingerprint density at radius 1 is 1.13 bits per heavy atom. The smallest absolute Gasteiger partial charge is 0.251 e. The van der Waals surface area contributed by atoms with Crippen molar-refractivity contribution in [2.45, 2.75) is 31.2 Å². The van der Waals surface area contributed by atoms with Crippen LogP contribution < -0.4 is 21.1 Å². The van der Waals surface area contributed by atoms with Gasteiger partial charge in [-0.3, -0.25) is 9.59 Å². The third kappa shape index (κ3) is 5.11. The van der Waals surface area contributed by atoms with E-state index in [9.17, 15) is 9.59 Å². The van der Waals surface area contributed by atoms with Crippen LogP contribution in [0.4, 0.5) is 0 Å². The molecule has 0 heterocycles. The highest BCUT2D eigenvalue weighted by Crippen LogP contribution is 2.26. The molecule has 0 aromatic heterocycles. The number of halogens is 1. The monoisotopic (exact) mass is 341 g/mol.